The Hall–Kier alpha value is -4.00. The molecule has 1 aromatic heterocycles. The average molecular weight is 479 g/mol. The van der Waals surface area contributed by atoms with Crippen LogP contribution in [0.2, 0.25) is 0 Å². The molecule has 0 fully saturated rings. The van der Waals surface area contributed by atoms with Crippen LogP contribution in [0.5, 0.6) is 5.75 Å². The number of halogens is 3. The van der Waals surface area contributed by atoms with Gasteiger partial charge in [0.25, 0.3) is 5.91 Å². The van der Waals surface area contributed by atoms with Crippen LogP contribution in [0.15, 0.2) is 95.4 Å². The number of carbonyl (C=O) groups excluding carboxylic acids is 1. The lowest BCUT2D eigenvalue weighted by Crippen LogP contribution is -2.18. The van der Waals surface area contributed by atoms with E-state index in [9.17, 15) is 18.0 Å². The minimum atomic E-state index is -4.59. The van der Waals surface area contributed by atoms with E-state index in [1.807, 2.05) is 42.5 Å². The Kier molecular flexibility index (Phi) is 6.69. The summed E-state index contributed by atoms with van der Waals surface area (Å²) in [7, 11) is 0. The fourth-order valence-electron chi connectivity index (χ4n) is 3.74. The van der Waals surface area contributed by atoms with Crippen molar-refractivity contribution in [2.75, 3.05) is 5.32 Å². The van der Waals surface area contributed by atoms with Crippen molar-refractivity contribution in [1.82, 2.24) is 0 Å². The van der Waals surface area contributed by atoms with E-state index in [0.29, 0.717) is 11.5 Å². The van der Waals surface area contributed by atoms with Gasteiger partial charge in [-0.3, -0.25) is 4.79 Å². The monoisotopic (exact) mass is 479 g/mol. The number of carbonyl (C=O) groups is 1. The third kappa shape index (κ3) is 5.57. The molecule has 0 aliphatic carbocycles. The summed E-state index contributed by atoms with van der Waals surface area (Å²) in [4.78, 5) is 12.4. The number of nitrogens with one attached hydrogen (secondary N) is 1. The summed E-state index contributed by atoms with van der Waals surface area (Å²) in [5.41, 5.74) is 0.897. The van der Waals surface area contributed by atoms with Gasteiger partial charge in [-0.1, -0.05) is 68.4 Å². The van der Waals surface area contributed by atoms with Crippen molar-refractivity contribution in [1.29, 1.82) is 0 Å². The molecule has 0 bridgehead atoms. The van der Waals surface area contributed by atoms with Crippen LogP contribution >= 0.6 is 0 Å². The van der Waals surface area contributed by atoms with Crippen LogP contribution in [-0.4, -0.2) is 5.91 Å². The second-order valence-electron chi connectivity index (χ2n) is 8.57. The van der Waals surface area contributed by atoms with Gasteiger partial charge < -0.3 is 14.5 Å². The highest BCUT2D eigenvalue weighted by molar-refractivity contribution is 6.02. The molecule has 0 atom stereocenters. The third-order valence-electron chi connectivity index (χ3n) is 5.82. The molecule has 1 N–H and O–H groups in total. The van der Waals surface area contributed by atoms with E-state index in [1.165, 1.54) is 29.8 Å². The standard InChI is InChI=1S/C28H24F3NO3/c1-27(2,19-8-4-3-5-9-19)20-12-14-21(15-13-20)34-18-22-16-17-25(35-22)26(33)32-24-11-7-6-10-23(24)28(29,30)31/h3-17H,18H2,1-2H3,(H,32,33). The number of alkyl halides is 3. The maximum Gasteiger partial charge on any atom is 0.418 e. The molecule has 35 heavy (non-hydrogen) atoms. The maximum absolute atomic E-state index is 13.2. The van der Waals surface area contributed by atoms with Crippen molar-refractivity contribution in [2.45, 2.75) is 32.0 Å². The number of anilines is 1. The predicted octanol–water partition coefficient (Wildman–Crippen LogP) is 7.46. The van der Waals surface area contributed by atoms with Crippen molar-refractivity contribution in [3.8, 4) is 5.75 Å². The van der Waals surface area contributed by atoms with Gasteiger partial charge in [0.15, 0.2) is 5.76 Å². The Morgan fingerprint density at radius 3 is 2.14 bits per heavy atom. The maximum atomic E-state index is 13.2. The summed E-state index contributed by atoms with van der Waals surface area (Å²) < 4.78 is 50.7. The molecule has 7 heteroatoms. The fourth-order valence-corrected chi connectivity index (χ4v) is 3.74. The second-order valence-corrected chi connectivity index (χ2v) is 8.57. The van der Waals surface area contributed by atoms with E-state index in [4.69, 9.17) is 9.15 Å². The summed E-state index contributed by atoms with van der Waals surface area (Å²) in [6.45, 7) is 4.37. The third-order valence-corrected chi connectivity index (χ3v) is 5.82. The quantitative estimate of drug-likeness (QED) is 0.299. The van der Waals surface area contributed by atoms with Gasteiger partial charge in [0.1, 0.15) is 18.1 Å². The molecule has 0 saturated carbocycles. The van der Waals surface area contributed by atoms with Gasteiger partial charge >= 0.3 is 6.18 Å². The van der Waals surface area contributed by atoms with Crippen LogP contribution in [0.1, 0.15) is 46.9 Å². The van der Waals surface area contributed by atoms with E-state index in [0.717, 1.165) is 11.6 Å². The number of hydrogen-bond donors (Lipinski definition) is 1. The van der Waals surface area contributed by atoms with Gasteiger partial charge in [0.05, 0.1) is 11.3 Å². The molecule has 0 aliphatic rings. The summed E-state index contributed by atoms with van der Waals surface area (Å²) in [6, 6.07) is 25.7. The zero-order chi connectivity index (χ0) is 25.1. The second kappa shape index (κ2) is 9.70. The predicted molar refractivity (Wildman–Crippen MR) is 127 cm³/mol. The Bertz CT molecular complexity index is 1290. The number of ether oxygens (including phenoxy) is 1. The van der Waals surface area contributed by atoms with Crippen molar-refractivity contribution in [2.24, 2.45) is 0 Å². The summed E-state index contributed by atoms with van der Waals surface area (Å²) in [5.74, 6) is 0.105. The van der Waals surface area contributed by atoms with Gasteiger partial charge in [-0.15, -0.1) is 0 Å². The Morgan fingerprint density at radius 1 is 0.829 bits per heavy atom. The van der Waals surface area contributed by atoms with Gasteiger partial charge in [-0.2, -0.15) is 13.2 Å². The van der Waals surface area contributed by atoms with E-state index in [-0.39, 0.29) is 23.5 Å². The molecule has 4 aromatic rings. The van der Waals surface area contributed by atoms with Gasteiger partial charge in [0.2, 0.25) is 0 Å². The van der Waals surface area contributed by atoms with E-state index < -0.39 is 17.6 Å². The number of benzene rings is 3. The molecule has 4 rings (SSSR count). The molecule has 3 aromatic carbocycles. The Labute approximate surface area is 201 Å². The molecule has 0 radical (unpaired) electrons. The lowest BCUT2D eigenvalue weighted by molar-refractivity contribution is -0.136. The molecule has 1 heterocycles. The Balaban J connectivity index is 1.38. The highest BCUT2D eigenvalue weighted by Gasteiger charge is 2.33. The number of furan rings is 1. The van der Waals surface area contributed by atoms with Crippen molar-refractivity contribution >= 4 is 11.6 Å². The molecule has 0 spiro atoms. The van der Waals surface area contributed by atoms with Gasteiger partial charge in [-0.25, -0.2) is 0 Å². The first kappa shape index (κ1) is 24.1. The number of amides is 1. The van der Waals surface area contributed by atoms with Crippen LogP contribution in [0.3, 0.4) is 0 Å². The highest BCUT2D eigenvalue weighted by atomic mass is 19.4. The normalized spacial score (nSPS) is 11.8. The summed E-state index contributed by atoms with van der Waals surface area (Å²) >= 11 is 0. The molecule has 0 unspecified atom stereocenters. The fraction of sp³-hybridized carbons (Fsp3) is 0.179. The molecular formula is C28H24F3NO3. The minimum absolute atomic E-state index is 0.0633. The van der Waals surface area contributed by atoms with Gasteiger partial charge in [-0.05, 0) is 47.5 Å². The molecule has 0 aliphatic heterocycles. The summed E-state index contributed by atoms with van der Waals surface area (Å²) in [6.07, 6.45) is -4.59. The number of rotatable bonds is 7. The van der Waals surface area contributed by atoms with Crippen LogP contribution in [0.4, 0.5) is 18.9 Å². The first-order chi connectivity index (χ1) is 16.6. The van der Waals surface area contributed by atoms with E-state index in [2.05, 4.69) is 31.3 Å². The average Bonchev–Trinajstić information content (AvgIpc) is 3.33. The molecule has 1 amide bonds. The zero-order valence-corrected chi connectivity index (χ0v) is 19.2. The van der Waals surface area contributed by atoms with E-state index >= 15 is 0 Å². The van der Waals surface area contributed by atoms with Crippen molar-refractivity contribution in [3.05, 3.63) is 119 Å². The van der Waals surface area contributed by atoms with Crippen LogP contribution in [0.25, 0.3) is 0 Å². The molecule has 0 saturated heterocycles. The molecule has 180 valence electrons. The Morgan fingerprint density at radius 2 is 1.46 bits per heavy atom. The molecular weight excluding hydrogens is 455 g/mol. The largest absolute Gasteiger partial charge is 0.486 e. The zero-order valence-electron chi connectivity index (χ0n) is 19.2. The van der Waals surface area contributed by atoms with Crippen molar-refractivity contribution < 1.29 is 27.1 Å². The first-order valence-corrected chi connectivity index (χ1v) is 11.0. The van der Waals surface area contributed by atoms with E-state index in [1.54, 1.807) is 6.07 Å². The van der Waals surface area contributed by atoms with Gasteiger partial charge in [0, 0.05) is 5.41 Å². The van der Waals surface area contributed by atoms with Crippen molar-refractivity contribution in [3.63, 3.8) is 0 Å². The number of para-hydroxylation sites is 1. The molecule has 4 nitrogen and oxygen atoms in total. The smallest absolute Gasteiger partial charge is 0.418 e. The minimum Gasteiger partial charge on any atom is -0.486 e. The van der Waals surface area contributed by atoms with Crippen LogP contribution < -0.4 is 10.1 Å². The lowest BCUT2D eigenvalue weighted by Gasteiger charge is -2.26. The topological polar surface area (TPSA) is 51.5 Å². The highest BCUT2D eigenvalue weighted by Crippen LogP contribution is 2.35. The SMILES string of the molecule is CC(C)(c1ccccc1)c1ccc(OCc2ccc(C(=O)Nc3ccccc3C(F)(F)F)o2)cc1. The summed E-state index contributed by atoms with van der Waals surface area (Å²) in [5, 5.41) is 2.26. The number of hydrogen-bond acceptors (Lipinski definition) is 3. The van der Waals surface area contributed by atoms with Crippen LogP contribution in [0, 0.1) is 0 Å². The lowest BCUT2D eigenvalue weighted by atomic mass is 9.78. The first-order valence-electron chi connectivity index (χ1n) is 11.0. The van der Waals surface area contributed by atoms with Crippen LogP contribution in [-0.2, 0) is 18.2 Å².